The summed E-state index contributed by atoms with van der Waals surface area (Å²) in [5.74, 6) is 7.95. The number of thiocarbonyl (C=S) groups is 1. The second-order valence-electron chi connectivity index (χ2n) is 1.21. The lowest BCUT2D eigenvalue weighted by Gasteiger charge is -1.85. The van der Waals surface area contributed by atoms with Crippen LogP contribution in [0, 0.1) is 0 Å². The Morgan fingerprint density at radius 1 is 1.73 bits per heavy atom. The summed E-state index contributed by atoms with van der Waals surface area (Å²) < 4.78 is 0. The summed E-state index contributed by atoms with van der Waals surface area (Å²) in [5.41, 5.74) is 6.82. The lowest BCUT2D eigenvalue weighted by atomic mass is 10.8. The third-order valence-electron chi connectivity index (χ3n) is 0.349. The lowest BCUT2D eigenvalue weighted by molar-refractivity contribution is -0.142. The van der Waals surface area contributed by atoms with Crippen LogP contribution in [0.2, 0.25) is 0 Å². The van der Waals surface area contributed by atoms with Crippen LogP contribution in [0.3, 0.4) is 0 Å². The van der Waals surface area contributed by atoms with Gasteiger partial charge in [0.15, 0.2) is 11.7 Å². The number of nitrogens with one attached hydrogen (secondary N) is 1. The quantitative estimate of drug-likeness (QED) is 0.182. The smallest absolute Gasteiger partial charge is 0.331 e. The minimum atomic E-state index is -1.06. The molecule has 0 amide bonds. The molecule has 0 fully saturated rings. The zero-order valence-corrected chi connectivity index (χ0v) is 6.43. The van der Waals surface area contributed by atoms with Gasteiger partial charge < -0.3 is 16.3 Å². The highest BCUT2D eigenvalue weighted by Gasteiger charge is 1.88. The number of hydrogen-bond donors (Lipinski definition) is 5. The van der Waals surface area contributed by atoms with Crippen LogP contribution in [-0.2, 0) is 9.63 Å². The number of hydrazine groups is 1. The van der Waals surface area contributed by atoms with E-state index in [0.29, 0.717) is 0 Å². The van der Waals surface area contributed by atoms with E-state index in [9.17, 15) is 4.79 Å². The number of aliphatic carboxylic acids is 1. The van der Waals surface area contributed by atoms with Crippen LogP contribution < -0.4 is 22.9 Å². The monoisotopic (exact) mass is 182 g/mol. The Hall–Kier alpha value is -0.960. The highest BCUT2D eigenvalue weighted by molar-refractivity contribution is 7.80. The van der Waals surface area contributed by atoms with E-state index in [0.717, 1.165) is 0 Å². The number of rotatable bonds is 2. The van der Waals surface area contributed by atoms with E-state index >= 15 is 0 Å². The van der Waals surface area contributed by atoms with Crippen LogP contribution in [0.5, 0.6) is 0 Å². The van der Waals surface area contributed by atoms with Gasteiger partial charge in [0, 0.05) is 0 Å². The largest absolute Gasteiger partial charge is 0.479 e. The first kappa shape index (κ1) is 12.7. The molecule has 0 saturated heterocycles. The minimum absolute atomic E-state index is 0.116. The minimum Gasteiger partial charge on any atom is -0.479 e. The third-order valence-corrected chi connectivity index (χ3v) is 0.467. The molecule has 0 aliphatic carbocycles. The van der Waals surface area contributed by atoms with Gasteiger partial charge in [-0.15, -0.1) is 0 Å². The van der Waals surface area contributed by atoms with Crippen LogP contribution in [0.15, 0.2) is 0 Å². The summed E-state index contributed by atoms with van der Waals surface area (Å²) in [4.78, 5) is 13.1. The van der Waals surface area contributed by atoms with Crippen LogP contribution in [0.25, 0.3) is 0 Å². The summed E-state index contributed by atoms with van der Waals surface area (Å²) in [6.07, 6.45) is 0. The van der Waals surface area contributed by atoms with E-state index in [-0.39, 0.29) is 5.11 Å². The number of carbonyl (C=O) groups is 1. The Kier molecular flexibility index (Phi) is 10.4. The van der Waals surface area contributed by atoms with Crippen LogP contribution in [-0.4, -0.2) is 22.8 Å². The summed E-state index contributed by atoms with van der Waals surface area (Å²) in [6, 6.07) is 0. The van der Waals surface area contributed by atoms with Crippen molar-refractivity contribution in [1.82, 2.24) is 5.43 Å². The normalized spacial score (nSPS) is 7.45. The molecule has 0 aromatic carbocycles. The van der Waals surface area contributed by atoms with Crippen LogP contribution in [0.1, 0.15) is 0 Å². The molecule has 0 aromatic rings. The maximum atomic E-state index is 9.39. The average molecular weight is 182 g/mol. The Balaban J connectivity index is 0. The van der Waals surface area contributed by atoms with Crippen molar-refractivity contribution in [3.05, 3.63) is 0 Å². The molecule has 0 radical (unpaired) electrons. The van der Waals surface area contributed by atoms with Gasteiger partial charge in [-0.1, -0.05) is 0 Å². The molecule has 0 aliphatic rings. The predicted octanol–water partition coefficient (Wildman–Crippen LogP) is -2.35. The van der Waals surface area contributed by atoms with Crippen molar-refractivity contribution in [2.75, 3.05) is 6.61 Å². The second-order valence-corrected chi connectivity index (χ2v) is 1.65. The number of carboxylic acids is 1. The fourth-order valence-electron chi connectivity index (χ4n) is 0.0713. The number of carboxylic acid groups (broad SMARTS) is 1. The maximum absolute atomic E-state index is 9.39. The summed E-state index contributed by atoms with van der Waals surface area (Å²) in [5, 5.41) is 7.82. The van der Waals surface area contributed by atoms with Crippen molar-refractivity contribution in [1.29, 1.82) is 0 Å². The molecule has 0 atom stereocenters. The molecule has 0 saturated carbocycles. The second kappa shape index (κ2) is 9.04. The Morgan fingerprint density at radius 3 is 2.09 bits per heavy atom. The van der Waals surface area contributed by atoms with Crippen LogP contribution in [0.4, 0.5) is 0 Å². The molecular weight excluding hydrogens is 172 g/mol. The van der Waals surface area contributed by atoms with Gasteiger partial charge in [-0.25, -0.2) is 16.5 Å². The topological polar surface area (TPSA) is 137 Å². The molecule has 8 heteroatoms. The van der Waals surface area contributed by atoms with Crippen molar-refractivity contribution >= 4 is 23.3 Å². The third kappa shape index (κ3) is 27.5. The van der Waals surface area contributed by atoms with Crippen molar-refractivity contribution in [3.8, 4) is 0 Å². The van der Waals surface area contributed by atoms with Crippen molar-refractivity contribution in [2.45, 2.75) is 0 Å². The fraction of sp³-hybridized carbons (Fsp3) is 0.333. The zero-order valence-electron chi connectivity index (χ0n) is 5.61. The Morgan fingerprint density at radius 2 is 2.09 bits per heavy atom. The van der Waals surface area contributed by atoms with Gasteiger partial charge in [-0.3, -0.25) is 4.84 Å². The highest BCUT2D eigenvalue weighted by Crippen LogP contribution is 1.57. The average Bonchev–Trinajstić information content (AvgIpc) is 1.89. The van der Waals surface area contributed by atoms with Gasteiger partial charge in [-0.2, -0.15) is 0 Å². The SMILES string of the molecule is NNC(N)=S.NOCC(=O)O. The van der Waals surface area contributed by atoms with E-state index < -0.39 is 12.6 Å². The molecule has 0 bridgehead atoms. The molecule has 0 rings (SSSR count). The van der Waals surface area contributed by atoms with E-state index in [2.05, 4.69) is 28.8 Å². The number of hydrogen-bond acceptors (Lipinski definition) is 5. The lowest BCUT2D eigenvalue weighted by Crippen LogP contribution is -2.34. The first-order valence-electron chi connectivity index (χ1n) is 2.34. The van der Waals surface area contributed by atoms with E-state index in [4.69, 9.17) is 10.8 Å². The first-order chi connectivity index (χ1) is 5.04. The standard InChI is InChI=1S/C2H5NO3.CH5N3S/c3-6-1-2(4)5;2-1(5)4-3/h1,3H2,(H,4,5);3H2,(H3,2,4,5). The van der Waals surface area contributed by atoms with E-state index in [1.54, 1.807) is 0 Å². The molecule has 11 heavy (non-hydrogen) atoms. The van der Waals surface area contributed by atoms with Gasteiger partial charge in [0.2, 0.25) is 0 Å². The molecule has 8 N–H and O–H groups in total. The van der Waals surface area contributed by atoms with Gasteiger partial charge in [0.25, 0.3) is 0 Å². The van der Waals surface area contributed by atoms with Crippen molar-refractivity contribution in [3.63, 3.8) is 0 Å². The van der Waals surface area contributed by atoms with Gasteiger partial charge in [0.05, 0.1) is 0 Å². The van der Waals surface area contributed by atoms with Gasteiger partial charge in [0.1, 0.15) is 0 Å². The van der Waals surface area contributed by atoms with Crippen molar-refractivity contribution < 1.29 is 14.7 Å². The van der Waals surface area contributed by atoms with Gasteiger partial charge in [-0.05, 0) is 12.2 Å². The predicted molar refractivity (Wildman–Crippen MR) is 41.9 cm³/mol. The first-order valence-corrected chi connectivity index (χ1v) is 2.75. The zero-order chi connectivity index (χ0) is 9.28. The van der Waals surface area contributed by atoms with Gasteiger partial charge >= 0.3 is 5.97 Å². The highest BCUT2D eigenvalue weighted by atomic mass is 32.1. The molecule has 0 heterocycles. The fourth-order valence-corrected chi connectivity index (χ4v) is 0.0713. The summed E-state index contributed by atoms with van der Waals surface area (Å²) >= 11 is 4.24. The number of nitrogens with two attached hydrogens (primary N) is 3. The molecule has 66 valence electrons. The summed E-state index contributed by atoms with van der Waals surface area (Å²) in [7, 11) is 0. The molecule has 0 aliphatic heterocycles. The molecular formula is C3H10N4O3S. The van der Waals surface area contributed by atoms with Crippen LogP contribution >= 0.6 is 12.2 Å². The molecule has 0 spiro atoms. The maximum Gasteiger partial charge on any atom is 0.331 e. The Labute approximate surface area is 68.4 Å². The van der Waals surface area contributed by atoms with Crippen molar-refractivity contribution in [2.24, 2.45) is 17.5 Å². The van der Waals surface area contributed by atoms with E-state index in [1.807, 2.05) is 5.43 Å². The molecule has 7 nitrogen and oxygen atoms in total. The Bertz CT molecular complexity index is 130. The van der Waals surface area contributed by atoms with E-state index in [1.165, 1.54) is 0 Å². The summed E-state index contributed by atoms with van der Waals surface area (Å²) in [6.45, 7) is -0.431. The molecule has 0 unspecified atom stereocenters. The molecule has 0 aromatic heterocycles.